The van der Waals surface area contributed by atoms with Gasteiger partial charge in [-0.25, -0.2) is 8.42 Å². The first-order valence-electron chi connectivity index (χ1n) is 9.01. The van der Waals surface area contributed by atoms with Crippen molar-refractivity contribution in [2.75, 3.05) is 41.0 Å². The number of nitrogens with two attached hydrogens (primary N) is 1. The highest BCUT2D eigenvalue weighted by Gasteiger charge is 2.41. The van der Waals surface area contributed by atoms with E-state index in [0.29, 0.717) is 25.4 Å². The van der Waals surface area contributed by atoms with Gasteiger partial charge < -0.3 is 19.9 Å². The number of hydrogen-bond donors (Lipinski definition) is 1. The summed E-state index contributed by atoms with van der Waals surface area (Å²) in [6.45, 7) is 1.10. The van der Waals surface area contributed by atoms with Crippen LogP contribution >= 0.6 is 0 Å². The van der Waals surface area contributed by atoms with Gasteiger partial charge >= 0.3 is 0 Å². The van der Waals surface area contributed by atoms with Crippen LogP contribution in [0.25, 0.3) is 0 Å². The third-order valence-electron chi connectivity index (χ3n) is 5.21. The summed E-state index contributed by atoms with van der Waals surface area (Å²) in [5, 5.41) is 0. The quantitative estimate of drug-likeness (QED) is 0.757. The Hall–Kier alpha value is -2.29. The van der Waals surface area contributed by atoms with E-state index in [1.165, 1.54) is 25.6 Å². The Morgan fingerprint density at radius 3 is 2.11 bits per heavy atom. The van der Waals surface area contributed by atoms with Gasteiger partial charge in [0.15, 0.2) is 4.90 Å². The van der Waals surface area contributed by atoms with Gasteiger partial charge in [0.05, 0.1) is 21.3 Å². The van der Waals surface area contributed by atoms with Crippen molar-refractivity contribution < 1.29 is 22.6 Å². The van der Waals surface area contributed by atoms with Crippen LogP contribution in [-0.2, 0) is 10.0 Å². The number of sulfonamides is 1. The van der Waals surface area contributed by atoms with Gasteiger partial charge in [0, 0.05) is 31.1 Å². The lowest BCUT2D eigenvalue weighted by molar-refractivity contribution is 0.355. The maximum Gasteiger partial charge on any atom is 0.250 e. The van der Waals surface area contributed by atoms with Gasteiger partial charge in [0.1, 0.15) is 17.2 Å². The van der Waals surface area contributed by atoms with Crippen LogP contribution < -0.4 is 19.9 Å². The molecule has 2 N–H and O–H groups in total. The van der Waals surface area contributed by atoms with Crippen LogP contribution in [0.1, 0.15) is 11.5 Å². The molecule has 0 aromatic heterocycles. The molecule has 0 saturated carbocycles. The molecule has 0 amide bonds. The minimum absolute atomic E-state index is 0.00258. The van der Waals surface area contributed by atoms with E-state index < -0.39 is 10.0 Å². The highest BCUT2D eigenvalue weighted by Crippen LogP contribution is 2.42. The third kappa shape index (κ3) is 3.67. The summed E-state index contributed by atoms with van der Waals surface area (Å²) in [5.74, 6) is 0.895. The molecular weight excluding hydrogens is 380 g/mol. The molecule has 152 valence electrons. The van der Waals surface area contributed by atoms with E-state index in [1.807, 2.05) is 30.3 Å². The molecule has 1 saturated heterocycles. The fourth-order valence-electron chi connectivity index (χ4n) is 3.70. The maximum atomic E-state index is 13.5. The van der Waals surface area contributed by atoms with Crippen LogP contribution in [-0.4, -0.2) is 53.7 Å². The number of benzene rings is 2. The van der Waals surface area contributed by atoms with Crippen LogP contribution in [0, 0.1) is 5.92 Å². The first-order chi connectivity index (χ1) is 13.5. The van der Waals surface area contributed by atoms with E-state index in [-0.39, 0.29) is 28.2 Å². The van der Waals surface area contributed by atoms with Gasteiger partial charge in [-0.15, -0.1) is 0 Å². The second-order valence-corrected chi connectivity index (χ2v) is 8.57. The molecule has 0 spiro atoms. The van der Waals surface area contributed by atoms with Crippen LogP contribution in [0.15, 0.2) is 47.4 Å². The zero-order valence-electron chi connectivity index (χ0n) is 16.3. The van der Waals surface area contributed by atoms with Crippen molar-refractivity contribution in [2.24, 2.45) is 11.7 Å². The van der Waals surface area contributed by atoms with Crippen LogP contribution in [0.5, 0.6) is 17.2 Å². The zero-order chi connectivity index (χ0) is 20.3. The molecule has 7 nitrogen and oxygen atoms in total. The van der Waals surface area contributed by atoms with Crippen molar-refractivity contribution in [1.29, 1.82) is 0 Å². The maximum absolute atomic E-state index is 13.5. The Balaban J connectivity index is 2.02. The predicted molar refractivity (Wildman–Crippen MR) is 107 cm³/mol. The van der Waals surface area contributed by atoms with Gasteiger partial charge in [-0.3, -0.25) is 0 Å². The van der Waals surface area contributed by atoms with Crippen molar-refractivity contribution >= 4 is 10.0 Å². The molecule has 28 heavy (non-hydrogen) atoms. The van der Waals surface area contributed by atoms with Gasteiger partial charge in [-0.05, 0) is 18.0 Å². The summed E-state index contributed by atoms with van der Waals surface area (Å²) in [6, 6.07) is 13.0. The lowest BCUT2D eigenvalue weighted by Gasteiger charge is -2.21. The van der Waals surface area contributed by atoms with E-state index in [9.17, 15) is 8.42 Å². The van der Waals surface area contributed by atoms with E-state index >= 15 is 0 Å². The van der Waals surface area contributed by atoms with Crippen molar-refractivity contribution in [3.8, 4) is 17.2 Å². The summed E-state index contributed by atoms with van der Waals surface area (Å²) >= 11 is 0. The molecule has 3 rings (SSSR count). The summed E-state index contributed by atoms with van der Waals surface area (Å²) in [5.41, 5.74) is 7.06. The first-order valence-corrected chi connectivity index (χ1v) is 10.5. The van der Waals surface area contributed by atoms with Gasteiger partial charge in [0.25, 0.3) is 10.0 Å². The van der Waals surface area contributed by atoms with E-state index in [2.05, 4.69) is 0 Å². The summed E-state index contributed by atoms with van der Waals surface area (Å²) in [7, 11) is 0.485. The Morgan fingerprint density at radius 1 is 1.00 bits per heavy atom. The Kier molecular flexibility index (Phi) is 6.12. The summed E-state index contributed by atoms with van der Waals surface area (Å²) < 4.78 is 44.4. The number of nitrogens with zero attached hydrogens (tertiary/aromatic N) is 1. The van der Waals surface area contributed by atoms with Crippen LogP contribution in [0.2, 0.25) is 0 Å². The minimum atomic E-state index is -3.86. The Morgan fingerprint density at radius 2 is 1.61 bits per heavy atom. The fraction of sp³-hybridized carbons (Fsp3) is 0.400. The number of ether oxygens (including phenoxy) is 3. The largest absolute Gasteiger partial charge is 0.496 e. The topological polar surface area (TPSA) is 91.1 Å². The summed E-state index contributed by atoms with van der Waals surface area (Å²) in [4.78, 5) is 0.00258. The fourth-order valence-corrected chi connectivity index (χ4v) is 5.50. The molecular formula is C20H26N2O5S. The molecule has 2 atom stereocenters. The molecule has 0 aliphatic carbocycles. The highest BCUT2D eigenvalue weighted by atomic mass is 32.2. The highest BCUT2D eigenvalue weighted by molar-refractivity contribution is 7.89. The van der Waals surface area contributed by atoms with E-state index in [0.717, 1.165) is 5.56 Å². The Bertz CT molecular complexity index is 892. The Labute approximate surface area is 166 Å². The lowest BCUT2D eigenvalue weighted by Crippen LogP contribution is -2.30. The molecule has 1 heterocycles. The SMILES string of the molecule is COc1cc(OC)c(S(=O)(=O)N2C[C@@H](CN)[C@H](c3ccccc3)C2)c(OC)c1. The average Bonchev–Trinajstić information content (AvgIpc) is 3.18. The number of hydrogen-bond acceptors (Lipinski definition) is 6. The monoisotopic (exact) mass is 406 g/mol. The third-order valence-corrected chi connectivity index (χ3v) is 7.10. The van der Waals surface area contributed by atoms with Crippen LogP contribution in [0.3, 0.4) is 0 Å². The lowest BCUT2D eigenvalue weighted by atomic mass is 9.89. The smallest absolute Gasteiger partial charge is 0.250 e. The van der Waals surface area contributed by atoms with E-state index in [1.54, 1.807) is 12.1 Å². The first kappa shape index (κ1) is 20.4. The average molecular weight is 407 g/mol. The van der Waals surface area contributed by atoms with Crippen LogP contribution in [0.4, 0.5) is 0 Å². The standard InChI is InChI=1S/C20H26N2O5S/c1-25-16-9-18(26-2)20(19(10-16)27-3)28(23,24)22-12-15(11-21)17(13-22)14-7-5-4-6-8-14/h4-10,15,17H,11-13,21H2,1-3H3/t15-,17+/m1/s1. The molecule has 0 unspecified atom stereocenters. The molecule has 0 bridgehead atoms. The zero-order valence-corrected chi connectivity index (χ0v) is 17.1. The predicted octanol–water partition coefficient (Wildman–Crippen LogP) is 2.08. The van der Waals surface area contributed by atoms with Gasteiger partial charge in [-0.2, -0.15) is 4.31 Å². The van der Waals surface area contributed by atoms with E-state index in [4.69, 9.17) is 19.9 Å². The van der Waals surface area contributed by atoms with Crippen molar-refractivity contribution in [3.05, 3.63) is 48.0 Å². The molecule has 2 aromatic carbocycles. The number of rotatable bonds is 7. The molecule has 8 heteroatoms. The molecule has 2 aromatic rings. The molecule has 1 fully saturated rings. The second-order valence-electron chi connectivity index (χ2n) is 6.70. The van der Waals surface area contributed by atoms with Crippen molar-refractivity contribution in [2.45, 2.75) is 10.8 Å². The van der Waals surface area contributed by atoms with Crippen molar-refractivity contribution in [3.63, 3.8) is 0 Å². The molecule has 0 radical (unpaired) electrons. The van der Waals surface area contributed by atoms with Crippen molar-refractivity contribution in [1.82, 2.24) is 4.31 Å². The number of methoxy groups -OCH3 is 3. The molecule has 1 aliphatic rings. The second kappa shape index (κ2) is 8.38. The minimum Gasteiger partial charge on any atom is -0.496 e. The normalized spacial score (nSPS) is 20.1. The van der Waals surface area contributed by atoms with Gasteiger partial charge in [-0.1, -0.05) is 30.3 Å². The van der Waals surface area contributed by atoms with Gasteiger partial charge in [0.2, 0.25) is 0 Å². The molecule has 1 aliphatic heterocycles. The summed E-state index contributed by atoms with van der Waals surface area (Å²) in [6.07, 6.45) is 0.